The summed E-state index contributed by atoms with van der Waals surface area (Å²) in [7, 11) is 0. The van der Waals surface area contributed by atoms with E-state index in [-0.39, 0.29) is 23.8 Å². The Kier molecular flexibility index (Phi) is 4.76. The smallest absolute Gasteiger partial charge is 0.308 e. The summed E-state index contributed by atoms with van der Waals surface area (Å²) in [5, 5.41) is 9.42. The number of benzene rings is 1. The van der Waals surface area contributed by atoms with E-state index >= 15 is 0 Å². The molecular weight excluding hydrogens is 318 g/mol. The van der Waals surface area contributed by atoms with Crippen molar-refractivity contribution >= 4 is 11.9 Å². The molecule has 0 unspecified atom stereocenters. The van der Waals surface area contributed by atoms with Gasteiger partial charge in [0.1, 0.15) is 5.75 Å². The Morgan fingerprint density at radius 1 is 1.20 bits per heavy atom. The van der Waals surface area contributed by atoms with Gasteiger partial charge >= 0.3 is 5.97 Å². The predicted octanol–water partition coefficient (Wildman–Crippen LogP) is 2.93. The average molecular weight is 345 g/mol. The second-order valence-corrected chi connectivity index (χ2v) is 8.28. The second kappa shape index (κ2) is 6.70. The monoisotopic (exact) mass is 345 g/mol. The molecular formula is C20H27NO4. The van der Waals surface area contributed by atoms with Crippen LogP contribution in [0.1, 0.15) is 39.2 Å². The van der Waals surface area contributed by atoms with Crippen LogP contribution in [-0.2, 0) is 15.0 Å². The fraction of sp³-hybridized carbons (Fsp3) is 0.600. The lowest BCUT2D eigenvalue weighted by Gasteiger charge is -2.23. The third kappa shape index (κ3) is 3.97. The van der Waals surface area contributed by atoms with Gasteiger partial charge in [-0.2, -0.15) is 0 Å². The third-order valence-corrected chi connectivity index (χ3v) is 5.31. The van der Waals surface area contributed by atoms with Crippen LogP contribution in [0.25, 0.3) is 0 Å². The van der Waals surface area contributed by atoms with Gasteiger partial charge < -0.3 is 14.7 Å². The molecule has 0 spiro atoms. The van der Waals surface area contributed by atoms with Gasteiger partial charge in [0.05, 0.1) is 5.92 Å². The first-order chi connectivity index (χ1) is 11.8. The number of nitrogens with zero attached hydrogens (tertiary/aromatic N) is 1. The van der Waals surface area contributed by atoms with Crippen molar-refractivity contribution in [2.75, 3.05) is 19.7 Å². The lowest BCUT2D eigenvalue weighted by Crippen LogP contribution is -2.34. The molecule has 1 aliphatic carbocycles. The minimum atomic E-state index is -0.786. The van der Waals surface area contributed by atoms with Crippen molar-refractivity contribution in [1.29, 1.82) is 0 Å². The molecule has 1 saturated carbocycles. The van der Waals surface area contributed by atoms with Crippen LogP contribution in [0.4, 0.5) is 0 Å². The number of carbonyl (C=O) groups excluding carboxylic acids is 1. The largest absolute Gasteiger partial charge is 0.483 e. The van der Waals surface area contributed by atoms with Crippen LogP contribution in [0, 0.1) is 17.8 Å². The summed E-state index contributed by atoms with van der Waals surface area (Å²) in [6, 6.07) is 7.76. The first-order valence-corrected chi connectivity index (χ1v) is 9.00. The van der Waals surface area contributed by atoms with E-state index in [1.54, 1.807) is 4.90 Å². The Balaban J connectivity index is 1.63. The molecule has 2 aliphatic rings. The first kappa shape index (κ1) is 17.8. The van der Waals surface area contributed by atoms with E-state index in [9.17, 15) is 14.7 Å². The highest BCUT2D eigenvalue weighted by Gasteiger charge is 2.46. The van der Waals surface area contributed by atoms with E-state index in [2.05, 4.69) is 20.8 Å². The van der Waals surface area contributed by atoms with Crippen molar-refractivity contribution in [2.45, 2.75) is 39.0 Å². The van der Waals surface area contributed by atoms with Gasteiger partial charge in [0.25, 0.3) is 5.91 Å². The number of amides is 1. The molecule has 5 nitrogen and oxygen atoms in total. The number of carboxylic acid groups (broad SMARTS) is 1. The van der Waals surface area contributed by atoms with Crippen molar-refractivity contribution in [3.8, 4) is 5.75 Å². The topological polar surface area (TPSA) is 66.8 Å². The number of hydrogen-bond donors (Lipinski definition) is 1. The second-order valence-electron chi connectivity index (χ2n) is 8.28. The molecule has 3 rings (SSSR count). The van der Waals surface area contributed by atoms with E-state index in [1.165, 1.54) is 0 Å². The minimum absolute atomic E-state index is 0.0448. The molecule has 136 valence electrons. The average Bonchev–Trinajstić information content (AvgIpc) is 3.30. The number of ether oxygens (including phenoxy) is 1. The summed E-state index contributed by atoms with van der Waals surface area (Å²) >= 11 is 0. The van der Waals surface area contributed by atoms with Gasteiger partial charge in [0.2, 0.25) is 0 Å². The standard InChI is InChI=1S/C20H27NO4/c1-20(2,3)16-6-4-5-7-17(16)25-12-18(22)21-10-14(13-8-9-13)15(11-21)19(23)24/h4-7,13-15H,8-12H2,1-3H3,(H,23,24)/t14-,15+/m1/s1. The zero-order valence-corrected chi connectivity index (χ0v) is 15.2. The Bertz CT molecular complexity index is 660. The van der Waals surface area contributed by atoms with Gasteiger partial charge in [-0.25, -0.2) is 0 Å². The molecule has 2 atom stereocenters. The Labute approximate surface area is 149 Å². The van der Waals surface area contributed by atoms with Gasteiger partial charge in [-0.1, -0.05) is 39.0 Å². The Morgan fingerprint density at radius 3 is 2.48 bits per heavy atom. The zero-order valence-electron chi connectivity index (χ0n) is 15.2. The molecule has 1 N–H and O–H groups in total. The normalized spacial score (nSPS) is 23.6. The van der Waals surface area contributed by atoms with Crippen LogP contribution < -0.4 is 4.74 Å². The van der Waals surface area contributed by atoms with E-state index in [4.69, 9.17) is 4.74 Å². The van der Waals surface area contributed by atoms with Crippen LogP contribution in [0.3, 0.4) is 0 Å². The SMILES string of the molecule is CC(C)(C)c1ccccc1OCC(=O)N1C[C@H](C(=O)O)[C@@H](C2CC2)C1. The molecule has 2 fully saturated rings. The maximum atomic E-state index is 12.5. The molecule has 1 aliphatic heterocycles. The lowest BCUT2D eigenvalue weighted by molar-refractivity contribution is -0.142. The summed E-state index contributed by atoms with van der Waals surface area (Å²) in [6.07, 6.45) is 2.18. The van der Waals surface area contributed by atoms with E-state index < -0.39 is 11.9 Å². The lowest BCUT2D eigenvalue weighted by atomic mass is 9.86. The summed E-state index contributed by atoms with van der Waals surface area (Å²) in [4.78, 5) is 25.7. The number of rotatable bonds is 5. The maximum absolute atomic E-state index is 12.5. The van der Waals surface area contributed by atoms with Gasteiger partial charge in [-0.05, 0) is 41.7 Å². The Morgan fingerprint density at radius 2 is 1.88 bits per heavy atom. The van der Waals surface area contributed by atoms with Crippen molar-refractivity contribution in [3.05, 3.63) is 29.8 Å². The van der Waals surface area contributed by atoms with Crippen LogP contribution in [0.2, 0.25) is 0 Å². The van der Waals surface area contributed by atoms with Crippen molar-refractivity contribution < 1.29 is 19.4 Å². The fourth-order valence-corrected chi connectivity index (χ4v) is 3.74. The van der Waals surface area contributed by atoms with Gasteiger partial charge in [0, 0.05) is 13.1 Å². The van der Waals surface area contributed by atoms with Crippen LogP contribution in [0.5, 0.6) is 5.75 Å². The Hall–Kier alpha value is -2.04. The summed E-state index contributed by atoms with van der Waals surface area (Å²) in [6.45, 7) is 7.13. The quantitative estimate of drug-likeness (QED) is 0.891. The van der Waals surface area contributed by atoms with E-state index in [1.807, 2.05) is 24.3 Å². The van der Waals surface area contributed by atoms with E-state index in [0.29, 0.717) is 19.0 Å². The number of likely N-dealkylation sites (tertiary alicyclic amines) is 1. The summed E-state index contributed by atoms with van der Waals surface area (Å²) in [5.41, 5.74) is 0.988. The molecule has 1 heterocycles. The summed E-state index contributed by atoms with van der Waals surface area (Å²) in [5.74, 6) is -0.0524. The molecule has 0 radical (unpaired) electrons. The highest BCUT2D eigenvalue weighted by molar-refractivity contribution is 5.80. The van der Waals surface area contributed by atoms with Crippen LogP contribution in [0.15, 0.2) is 24.3 Å². The number of para-hydroxylation sites is 1. The molecule has 0 bridgehead atoms. The minimum Gasteiger partial charge on any atom is -0.483 e. The highest BCUT2D eigenvalue weighted by atomic mass is 16.5. The summed E-state index contributed by atoms with van der Waals surface area (Å²) < 4.78 is 5.81. The van der Waals surface area contributed by atoms with Crippen molar-refractivity contribution in [2.24, 2.45) is 17.8 Å². The van der Waals surface area contributed by atoms with Gasteiger partial charge in [-0.15, -0.1) is 0 Å². The molecule has 25 heavy (non-hydrogen) atoms. The highest BCUT2D eigenvalue weighted by Crippen LogP contribution is 2.44. The van der Waals surface area contributed by atoms with Gasteiger partial charge in [-0.3, -0.25) is 9.59 Å². The van der Waals surface area contributed by atoms with Crippen LogP contribution in [-0.4, -0.2) is 41.6 Å². The number of aliphatic carboxylic acids is 1. The van der Waals surface area contributed by atoms with E-state index in [0.717, 1.165) is 24.2 Å². The molecule has 5 heteroatoms. The van der Waals surface area contributed by atoms with Crippen molar-refractivity contribution in [3.63, 3.8) is 0 Å². The number of carboxylic acids is 1. The molecule has 1 aromatic carbocycles. The maximum Gasteiger partial charge on any atom is 0.308 e. The third-order valence-electron chi connectivity index (χ3n) is 5.31. The molecule has 1 amide bonds. The number of carbonyl (C=O) groups is 2. The predicted molar refractivity (Wildman–Crippen MR) is 94.6 cm³/mol. The fourth-order valence-electron chi connectivity index (χ4n) is 3.74. The van der Waals surface area contributed by atoms with Gasteiger partial charge in [0.15, 0.2) is 6.61 Å². The number of hydrogen-bond acceptors (Lipinski definition) is 3. The van der Waals surface area contributed by atoms with Crippen molar-refractivity contribution in [1.82, 2.24) is 4.90 Å². The van der Waals surface area contributed by atoms with Crippen LogP contribution >= 0.6 is 0 Å². The molecule has 1 aromatic rings. The zero-order chi connectivity index (χ0) is 18.2. The first-order valence-electron chi connectivity index (χ1n) is 9.00. The molecule has 0 aromatic heterocycles. The molecule has 1 saturated heterocycles.